The van der Waals surface area contributed by atoms with Crippen LogP contribution in [0.1, 0.15) is 15.9 Å². The molecule has 0 spiro atoms. The summed E-state index contributed by atoms with van der Waals surface area (Å²) in [7, 11) is 1.62. The van der Waals surface area contributed by atoms with E-state index in [4.69, 9.17) is 9.47 Å². The number of carbonyl (C=O) groups is 1. The number of halogens is 1. The molecule has 0 heterocycles. The van der Waals surface area contributed by atoms with Crippen LogP contribution in [0, 0.1) is 0 Å². The van der Waals surface area contributed by atoms with E-state index in [2.05, 4.69) is 15.9 Å². The first kappa shape index (κ1) is 15.7. The second kappa shape index (κ2) is 7.96. The zero-order valence-electron chi connectivity index (χ0n) is 11.8. The molecule has 0 unspecified atom stereocenters. The molecule has 3 nitrogen and oxygen atoms in total. The van der Waals surface area contributed by atoms with Crippen LogP contribution in [0.3, 0.4) is 0 Å². The third kappa shape index (κ3) is 4.41. The van der Waals surface area contributed by atoms with E-state index in [-0.39, 0.29) is 5.78 Å². The van der Waals surface area contributed by atoms with Gasteiger partial charge < -0.3 is 9.47 Å². The lowest BCUT2D eigenvalue weighted by atomic mass is 10.0. The van der Waals surface area contributed by atoms with Crippen LogP contribution in [0.15, 0.2) is 53.0 Å². The Balaban J connectivity index is 2.13. The molecule has 2 aromatic carbocycles. The second-order valence-corrected chi connectivity index (χ2v) is 5.38. The predicted octanol–water partition coefficient (Wildman–Crippen LogP) is 3.90. The maximum Gasteiger partial charge on any atom is 0.170 e. The fraction of sp³-hybridized carbons (Fsp3) is 0.235. The Labute approximate surface area is 133 Å². The molecule has 0 aliphatic rings. The summed E-state index contributed by atoms with van der Waals surface area (Å²) >= 11 is 3.47. The lowest BCUT2D eigenvalue weighted by molar-refractivity contribution is 0.0985. The molecule has 4 heteroatoms. The minimum absolute atomic E-state index is 0.0370. The Morgan fingerprint density at radius 3 is 2.52 bits per heavy atom. The van der Waals surface area contributed by atoms with Crippen molar-refractivity contribution in [3.63, 3.8) is 0 Å². The van der Waals surface area contributed by atoms with Gasteiger partial charge in [-0.25, -0.2) is 0 Å². The first-order valence-electron chi connectivity index (χ1n) is 6.69. The monoisotopic (exact) mass is 348 g/mol. The first-order chi connectivity index (χ1) is 10.2. The molecule has 0 atom stereocenters. The van der Waals surface area contributed by atoms with Gasteiger partial charge in [0.05, 0.1) is 12.2 Å². The highest BCUT2D eigenvalue weighted by atomic mass is 79.9. The summed E-state index contributed by atoms with van der Waals surface area (Å²) in [5.41, 5.74) is 1.57. The molecule has 110 valence electrons. The van der Waals surface area contributed by atoms with E-state index in [1.54, 1.807) is 13.2 Å². The molecular formula is C17H17BrO3. The van der Waals surface area contributed by atoms with Gasteiger partial charge in [0.25, 0.3) is 0 Å². The summed E-state index contributed by atoms with van der Waals surface area (Å²) in [5, 5.41) is 0. The van der Waals surface area contributed by atoms with E-state index in [0.717, 1.165) is 10.0 Å². The number of ether oxygens (including phenoxy) is 2. The molecule has 0 radical (unpaired) electrons. The highest BCUT2D eigenvalue weighted by molar-refractivity contribution is 9.10. The number of para-hydroxylation sites is 1. The van der Waals surface area contributed by atoms with Gasteiger partial charge in [0, 0.05) is 18.0 Å². The lowest BCUT2D eigenvalue weighted by Crippen LogP contribution is -2.10. The fourth-order valence-electron chi connectivity index (χ4n) is 1.97. The van der Waals surface area contributed by atoms with E-state index in [0.29, 0.717) is 30.9 Å². The quantitative estimate of drug-likeness (QED) is 0.562. The predicted molar refractivity (Wildman–Crippen MR) is 86.0 cm³/mol. The van der Waals surface area contributed by atoms with E-state index in [1.165, 1.54) is 0 Å². The summed E-state index contributed by atoms with van der Waals surface area (Å²) in [6.45, 7) is 0.919. The Morgan fingerprint density at radius 1 is 1.05 bits per heavy atom. The maximum atomic E-state index is 12.5. The molecule has 0 N–H and O–H groups in total. The van der Waals surface area contributed by atoms with Gasteiger partial charge in [-0.05, 0) is 23.8 Å². The highest BCUT2D eigenvalue weighted by Crippen LogP contribution is 2.23. The number of ketones is 1. The molecule has 0 aliphatic carbocycles. The van der Waals surface area contributed by atoms with Crippen molar-refractivity contribution in [1.82, 2.24) is 0 Å². The fourth-order valence-corrected chi connectivity index (χ4v) is 2.39. The SMILES string of the molecule is COCCOc1ccccc1C(=O)Cc1ccccc1Br. The molecule has 0 amide bonds. The topological polar surface area (TPSA) is 35.5 Å². The van der Waals surface area contributed by atoms with Crippen LogP contribution in [0.4, 0.5) is 0 Å². The van der Waals surface area contributed by atoms with Crippen LogP contribution in [-0.2, 0) is 11.2 Å². The molecule has 21 heavy (non-hydrogen) atoms. The molecule has 0 fully saturated rings. The molecule has 2 aromatic rings. The molecule has 0 saturated heterocycles. The number of rotatable bonds is 7. The van der Waals surface area contributed by atoms with Crippen molar-refractivity contribution in [2.75, 3.05) is 20.3 Å². The molecule has 0 aromatic heterocycles. The van der Waals surface area contributed by atoms with Gasteiger partial charge in [-0.15, -0.1) is 0 Å². The Morgan fingerprint density at radius 2 is 1.76 bits per heavy atom. The summed E-state index contributed by atoms with van der Waals surface area (Å²) in [4.78, 5) is 12.5. The van der Waals surface area contributed by atoms with E-state index >= 15 is 0 Å². The molecule has 2 rings (SSSR count). The third-order valence-electron chi connectivity index (χ3n) is 3.04. The number of benzene rings is 2. The Hall–Kier alpha value is -1.65. The van der Waals surface area contributed by atoms with E-state index in [1.807, 2.05) is 42.5 Å². The van der Waals surface area contributed by atoms with Crippen LogP contribution in [0.5, 0.6) is 5.75 Å². The van der Waals surface area contributed by atoms with Gasteiger partial charge in [-0.2, -0.15) is 0 Å². The Bertz CT molecular complexity index is 610. The van der Waals surface area contributed by atoms with Crippen LogP contribution in [0.2, 0.25) is 0 Å². The van der Waals surface area contributed by atoms with Gasteiger partial charge in [-0.3, -0.25) is 4.79 Å². The molecule has 0 aliphatic heterocycles. The van der Waals surface area contributed by atoms with E-state index in [9.17, 15) is 4.79 Å². The van der Waals surface area contributed by atoms with Gasteiger partial charge in [0.15, 0.2) is 5.78 Å². The highest BCUT2D eigenvalue weighted by Gasteiger charge is 2.14. The number of Topliss-reactive ketones (excluding diaryl/α,β-unsaturated/α-hetero) is 1. The van der Waals surface area contributed by atoms with Crippen molar-refractivity contribution in [2.45, 2.75) is 6.42 Å². The zero-order valence-corrected chi connectivity index (χ0v) is 13.4. The molecule has 0 bridgehead atoms. The number of hydrogen-bond donors (Lipinski definition) is 0. The van der Waals surface area contributed by atoms with Crippen molar-refractivity contribution < 1.29 is 14.3 Å². The Kier molecular flexibility index (Phi) is 5.96. The minimum atomic E-state index is 0.0370. The van der Waals surface area contributed by atoms with Crippen molar-refractivity contribution in [3.8, 4) is 5.75 Å². The van der Waals surface area contributed by atoms with Gasteiger partial charge in [-0.1, -0.05) is 46.3 Å². The van der Waals surface area contributed by atoms with Crippen LogP contribution < -0.4 is 4.74 Å². The van der Waals surface area contributed by atoms with E-state index < -0.39 is 0 Å². The lowest BCUT2D eigenvalue weighted by Gasteiger charge is -2.11. The standard InChI is InChI=1S/C17H17BrO3/c1-20-10-11-21-17-9-5-3-7-14(17)16(19)12-13-6-2-4-8-15(13)18/h2-9H,10-12H2,1H3. The van der Waals surface area contributed by atoms with Crippen molar-refractivity contribution in [2.24, 2.45) is 0 Å². The van der Waals surface area contributed by atoms with Gasteiger partial charge in [0.2, 0.25) is 0 Å². The van der Waals surface area contributed by atoms with Crippen LogP contribution in [0.25, 0.3) is 0 Å². The third-order valence-corrected chi connectivity index (χ3v) is 3.81. The van der Waals surface area contributed by atoms with Gasteiger partial charge in [0.1, 0.15) is 12.4 Å². The maximum absolute atomic E-state index is 12.5. The van der Waals surface area contributed by atoms with Crippen molar-refractivity contribution in [1.29, 1.82) is 0 Å². The first-order valence-corrected chi connectivity index (χ1v) is 7.49. The van der Waals surface area contributed by atoms with Crippen molar-refractivity contribution in [3.05, 3.63) is 64.1 Å². The van der Waals surface area contributed by atoms with Gasteiger partial charge >= 0.3 is 0 Å². The summed E-state index contributed by atoms with van der Waals surface area (Å²) in [5.74, 6) is 0.640. The number of methoxy groups -OCH3 is 1. The largest absolute Gasteiger partial charge is 0.490 e. The van der Waals surface area contributed by atoms with Crippen molar-refractivity contribution >= 4 is 21.7 Å². The average molecular weight is 349 g/mol. The normalized spacial score (nSPS) is 10.4. The molecule has 0 saturated carbocycles. The average Bonchev–Trinajstić information content (AvgIpc) is 2.50. The minimum Gasteiger partial charge on any atom is -0.490 e. The number of hydrogen-bond acceptors (Lipinski definition) is 3. The second-order valence-electron chi connectivity index (χ2n) is 4.53. The smallest absolute Gasteiger partial charge is 0.170 e. The summed E-state index contributed by atoms with van der Waals surface area (Å²) in [6.07, 6.45) is 0.339. The van der Waals surface area contributed by atoms with Crippen LogP contribution >= 0.6 is 15.9 Å². The number of carbonyl (C=O) groups excluding carboxylic acids is 1. The summed E-state index contributed by atoms with van der Waals surface area (Å²) in [6, 6.07) is 15.0. The van der Waals surface area contributed by atoms with Crippen LogP contribution in [-0.4, -0.2) is 26.1 Å². The molecular weight excluding hydrogens is 332 g/mol. The zero-order chi connectivity index (χ0) is 15.1. The summed E-state index contributed by atoms with van der Waals surface area (Å²) < 4.78 is 11.5.